The van der Waals surface area contributed by atoms with Crippen LogP contribution in [-0.4, -0.2) is 53.9 Å². The first-order valence-electron chi connectivity index (χ1n) is 11.9. The molecule has 4 rings (SSSR count). The van der Waals surface area contributed by atoms with Crippen molar-refractivity contribution < 1.29 is 23.5 Å². The number of aromatic nitrogens is 2. The Bertz CT molecular complexity index is 1410. The smallest absolute Gasteiger partial charge is 0.322 e. The van der Waals surface area contributed by atoms with E-state index in [0.717, 1.165) is 5.56 Å². The van der Waals surface area contributed by atoms with Gasteiger partial charge in [0.25, 0.3) is 0 Å². The molecule has 1 heterocycles. The Balaban J connectivity index is 1.52. The Kier molecular flexibility index (Phi) is 8.22. The van der Waals surface area contributed by atoms with E-state index in [2.05, 4.69) is 15.7 Å². The average molecular weight is 518 g/mol. The molecular weight excluding hydrogens is 489 g/mol. The maximum absolute atomic E-state index is 13.5. The molecule has 0 aliphatic carbocycles. The molecule has 3 aromatic carbocycles. The minimum atomic E-state index is -0.469. The van der Waals surface area contributed by atoms with Crippen molar-refractivity contribution in [3.63, 3.8) is 0 Å². The molecule has 10 heteroatoms. The Labute approximate surface area is 219 Å². The molecule has 0 radical (unpaired) electrons. The highest BCUT2D eigenvalue weighted by molar-refractivity contribution is 5.97. The van der Waals surface area contributed by atoms with Crippen molar-refractivity contribution in [1.29, 1.82) is 0 Å². The second kappa shape index (κ2) is 11.9. The van der Waals surface area contributed by atoms with Gasteiger partial charge < -0.3 is 25.0 Å². The number of carbonyl (C=O) groups is 2. The van der Waals surface area contributed by atoms with Gasteiger partial charge in [-0.15, -0.1) is 0 Å². The van der Waals surface area contributed by atoms with Crippen LogP contribution in [-0.2, 0) is 4.79 Å². The van der Waals surface area contributed by atoms with Crippen molar-refractivity contribution >= 4 is 23.4 Å². The van der Waals surface area contributed by atoms with Gasteiger partial charge in [0.05, 0.1) is 31.3 Å². The number of nitrogens with zero attached hydrogens (tertiary/aromatic N) is 3. The van der Waals surface area contributed by atoms with E-state index in [9.17, 15) is 14.0 Å². The second-order valence-corrected chi connectivity index (χ2v) is 8.23. The fourth-order valence-electron chi connectivity index (χ4n) is 3.78. The number of nitrogens with one attached hydrogen (secondary N) is 2. The minimum Gasteiger partial charge on any atom is -0.497 e. The highest BCUT2D eigenvalue weighted by atomic mass is 19.1. The van der Waals surface area contributed by atoms with Crippen LogP contribution in [0, 0.1) is 5.82 Å². The van der Waals surface area contributed by atoms with Gasteiger partial charge >= 0.3 is 6.03 Å². The van der Waals surface area contributed by atoms with Crippen LogP contribution in [0.2, 0.25) is 0 Å². The molecule has 2 N–H and O–H groups in total. The molecule has 0 bridgehead atoms. The molecule has 0 aliphatic rings. The minimum absolute atomic E-state index is 0.212. The highest BCUT2D eigenvalue weighted by Gasteiger charge is 2.20. The first-order chi connectivity index (χ1) is 18.4. The molecule has 0 fully saturated rings. The lowest BCUT2D eigenvalue weighted by atomic mass is 10.1. The predicted molar refractivity (Wildman–Crippen MR) is 143 cm³/mol. The summed E-state index contributed by atoms with van der Waals surface area (Å²) in [6, 6.07) is 21.5. The third-order valence-corrected chi connectivity index (χ3v) is 5.77. The predicted octanol–water partition coefficient (Wildman–Crippen LogP) is 5.19. The Morgan fingerprint density at radius 1 is 0.947 bits per heavy atom. The van der Waals surface area contributed by atoms with Crippen LogP contribution >= 0.6 is 0 Å². The zero-order chi connectivity index (χ0) is 27.1. The number of carbonyl (C=O) groups excluding carboxylic acids is 2. The number of amides is 3. The molecule has 3 amide bonds. The number of likely N-dealkylation sites (N-methyl/N-ethyl adjacent to an activating group) is 1. The molecule has 0 atom stereocenters. The molecule has 0 saturated heterocycles. The van der Waals surface area contributed by atoms with E-state index >= 15 is 0 Å². The quantitative estimate of drug-likeness (QED) is 0.319. The van der Waals surface area contributed by atoms with Crippen molar-refractivity contribution in [1.82, 2.24) is 14.7 Å². The first kappa shape index (κ1) is 26.2. The molecular formula is C28H28FN5O4. The summed E-state index contributed by atoms with van der Waals surface area (Å²) in [5.74, 6) is 0.585. The lowest BCUT2D eigenvalue weighted by Crippen LogP contribution is -2.40. The van der Waals surface area contributed by atoms with Gasteiger partial charge in [-0.1, -0.05) is 30.3 Å². The standard InChI is InChI=1S/C28H28FN5O4/c1-4-33(28(36)30-23-15-14-22(37-2)16-25(23)38-3)18-27(35)31-26-17-24(19-8-6-5-7-9-19)32-34(26)21-12-10-20(29)11-13-21/h5-17H,4,18H2,1-3H3,(H,30,36)(H,31,35). The topological polar surface area (TPSA) is 97.7 Å². The number of urea groups is 1. The van der Waals surface area contributed by atoms with Crippen LogP contribution < -0.4 is 20.1 Å². The van der Waals surface area contributed by atoms with Crippen LogP contribution in [0.4, 0.5) is 20.7 Å². The van der Waals surface area contributed by atoms with E-state index in [4.69, 9.17) is 9.47 Å². The molecule has 196 valence electrons. The number of hydrogen-bond donors (Lipinski definition) is 2. The Morgan fingerprint density at radius 2 is 1.68 bits per heavy atom. The normalized spacial score (nSPS) is 10.5. The van der Waals surface area contributed by atoms with Gasteiger partial charge in [-0.05, 0) is 43.3 Å². The van der Waals surface area contributed by atoms with Gasteiger partial charge in [-0.3, -0.25) is 4.79 Å². The summed E-state index contributed by atoms with van der Waals surface area (Å²) < 4.78 is 25.6. The fourth-order valence-corrected chi connectivity index (χ4v) is 3.78. The third-order valence-electron chi connectivity index (χ3n) is 5.77. The number of rotatable bonds is 9. The van der Waals surface area contributed by atoms with Gasteiger partial charge in [0.15, 0.2) is 0 Å². The van der Waals surface area contributed by atoms with E-state index in [-0.39, 0.29) is 18.9 Å². The number of halogens is 1. The van der Waals surface area contributed by atoms with Crippen molar-refractivity contribution in [3.8, 4) is 28.4 Å². The summed E-state index contributed by atoms with van der Waals surface area (Å²) in [7, 11) is 3.03. The van der Waals surface area contributed by atoms with Gasteiger partial charge in [0.1, 0.15) is 29.7 Å². The summed E-state index contributed by atoms with van der Waals surface area (Å²) >= 11 is 0. The van der Waals surface area contributed by atoms with E-state index in [1.807, 2.05) is 30.3 Å². The van der Waals surface area contributed by atoms with E-state index in [1.54, 1.807) is 43.3 Å². The van der Waals surface area contributed by atoms with Gasteiger partial charge in [-0.2, -0.15) is 5.10 Å². The molecule has 0 aliphatic heterocycles. The van der Waals surface area contributed by atoms with Crippen LogP contribution in [0.15, 0.2) is 78.9 Å². The molecule has 1 aromatic heterocycles. The zero-order valence-corrected chi connectivity index (χ0v) is 21.3. The number of anilines is 2. The number of methoxy groups -OCH3 is 2. The highest BCUT2D eigenvalue weighted by Crippen LogP contribution is 2.29. The Morgan fingerprint density at radius 3 is 2.34 bits per heavy atom. The van der Waals surface area contributed by atoms with Gasteiger partial charge in [0, 0.05) is 24.2 Å². The van der Waals surface area contributed by atoms with E-state index in [0.29, 0.717) is 34.4 Å². The summed E-state index contributed by atoms with van der Waals surface area (Å²) in [6.45, 7) is 1.84. The third kappa shape index (κ3) is 6.09. The summed E-state index contributed by atoms with van der Waals surface area (Å²) in [5.41, 5.74) is 2.49. The van der Waals surface area contributed by atoms with Crippen molar-refractivity contribution in [3.05, 3.63) is 84.7 Å². The SMILES string of the molecule is CCN(CC(=O)Nc1cc(-c2ccccc2)nn1-c1ccc(F)cc1)C(=O)Nc1ccc(OC)cc1OC. The lowest BCUT2D eigenvalue weighted by Gasteiger charge is -2.22. The van der Waals surface area contributed by atoms with Crippen molar-refractivity contribution in [2.75, 3.05) is 37.9 Å². The van der Waals surface area contributed by atoms with Crippen LogP contribution in [0.1, 0.15) is 6.92 Å². The van der Waals surface area contributed by atoms with Crippen LogP contribution in [0.3, 0.4) is 0 Å². The van der Waals surface area contributed by atoms with Gasteiger partial charge in [0.2, 0.25) is 5.91 Å². The summed E-state index contributed by atoms with van der Waals surface area (Å²) in [5, 5.41) is 10.2. The number of benzene rings is 3. The maximum atomic E-state index is 13.5. The molecule has 0 unspecified atom stereocenters. The first-order valence-corrected chi connectivity index (χ1v) is 11.9. The molecule has 4 aromatic rings. The zero-order valence-electron chi connectivity index (χ0n) is 21.3. The van der Waals surface area contributed by atoms with Gasteiger partial charge in [-0.25, -0.2) is 13.9 Å². The Hall–Kier alpha value is -4.86. The van der Waals surface area contributed by atoms with E-state index < -0.39 is 11.9 Å². The largest absolute Gasteiger partial charge is 0.497 e. The number of ether oxygens (including phenoxy) is 2. The van der Waals surface area contributed by atoms with E-state index in [1.165, 1.54) is 35.9 Å². The second-order valence-electron chi connectivity index (χ2n) is 8.23. The van der Waals surface area contributed by atoms with Crippen molar-refractivity contribution in [2.45, 2.75) is 6.92 Å². The number of hydrogen-bond acceptors (Lipinski definition) is 5. The molecule has 9 nitrogen and oxygen atoms in total. The molecule has 0 saturated carbocycles. The maximum Gasteiger partial charge on any atom is 0.322 e. The average Bonchev–Trinajstić information content (AvgIpc) is 3.36. The summed E-state index contributed by atoms with van der Waals surface area (Å²) in [4.78, 5) is 27.4. The van der Waals surface area contributed by atoms with Crippen LogP contribution in [0.25, 0.3) is 16.9 Å². The fraction of sp³-hybridized carbons (Fsp3) is 0.179. The molecule has 0 spiro atoms. The monoisotopic (exact) mass is 517 g/mol. The van der Waals surface area contributed by atoms with Crippen molar-refractivity contribution in [2.24, 2.45) is 0 Å². The summed E-state index contributed by atoms with van der Waals surface area (Å²) in [6.07, 6.45) is 0. The van der Waals surface area contributed by atoms with Crippen LogP contribution in [0.5, 0.6) is 11.5 Å². The molecule has 38 heavy (non-hydrogen) atoms. The lowest BCUT2D eigenvalue weighted by molar-refractivity contribution is -0.116.